The first kappa shape index (κ1) is 12.7. The van der Waals surface area contributed by atoms with Crippen LogP contribution in [0.2, 0.25) is 0 Å². The lowest BCUT2D eigenvalue weighted by molar-refractivity contribution is 0.00524. The van der Waals surface area contributed by atoms with Gasteiger partial charge in [0.25, 0.3) is 12.4 Å². The molecule has 0 bridgehead atoms. The van der Waals surface area contributed by atoms with Crippen molar-refractivity contribution in [3.8, 4) is 0 Å². The second-order valence-electron chi connectivity index (χ2n) is 4.29. The van der Waals surface area contributed by atoms with Crippen LogP contribution in [0, 0.1) is 5.82 Å². The monoisotopic (exact) mass is 258 g/mol. The third kappa shape index (κ3) is 2.02. The average Bonchev–Trinajstić information content (AvgIpc) is 2.27. The summed E-state index contributed by atoms with van der Waals surface area (Å²) in [7, 11) is 0. The van der Waals surface area contributed by atoms with Crippen molar-refractivity contribution in [3.63, 3.8) is 0 Å². The zero-order valence-corrected chi connectivity index (χ0v) is 9.74. The number of aliphatic imine (C=N–C) groups is 1. The zero-order chi connectivity index (χ0) is 13.3. The molecule has 0 aliphatic carbocycles. The molecule has 3 nitrogen and oxygen atoms in total. The van der Waals surface area contributed by atoms with Gasteiger partial charge in [-0.25, -0.2) is 18.2 Å². The molecular weight excluding hydrogens is 245 g/mol. The number of hydrogen-bond donors (Lipinski definition) is 1. The van der Waals surface area contributed by atoms with Crippen LogP contribution in [0.15, 0.2) is 29.3 Å². The van der Waals surface area contributed by atoms with Gasteiger partial charge in [-0.05, 0) is 13.0 Å². The molecule has 0 radical (unpaired) electrons. The highest BCUT2D eigenvalue weighted by molar-refractivity contribution is 5.73. The second-order valence-corrected chi connectivity index (χ2v) is 4.29. The van der Waals surface area contributed by atoms with Gasteiger partial charge in [-0.3, -0.25) is 0 Å². The molecule has 0 spiro atoms. The molecule has 0 fully saturated rings. The van der Waals surface area contributed by atoms with E-state index in [1.807, 2.05) is 0 Å². The maximum atomic E-state index is 13.7. The van der Waals surface area contributed by atoms with Gasteiger partial charge in [-0.1, -0.05) is 18.2 Å². The van der Waals surface area contributed by atoms with E-state index in [1.54, 1.807) is 6.92 Å². The Balaban J connectivity index is 2.59. The molecular formula is C12H13F3N2O. The minimum atomic E-state index is -2.86. The van der Waals surface area contributed by atoms with Crippen LogP contribution in [0.1, 0.15) is 18.9 Å². The van der Waals surface area contributed by atoms with E-state index < -0.39 is 23.9 Å². The quantitative estimate of drug-likeness (QED) is 0.885. The number of rotatable bonds is 2. The van der Waals surface area contributed by atoms with E-state index in [0.29, 0.717) is 0 Å². The molecule has 1 aliphatic rings. The van der Waals surface area contributed by atoms with Crippen molar-refractivity contribution in [1.82, 2.24) is 0 Å². The smallest absolute Gasteiger partial charge is 0.283 e. The fraction of sp³-hybridized carbons (Fsp3) is 0.417. The van der Waals surface area contributed by atoms with Crippen LogP contribution >= 0.6 is 0 Å². The van der Waals surface area contributed by atoms with Crippen molar-refractivity contribution in [2.75, 3.05) is 0 Å². The molecule has 1 aromatic carbocycles. The summed E-state index contributed by atoms with van der Waals surface area (Å²) in [6.07, 6.45) is -3.53. The summed E-state index contributed by atoms with van der Waals surface area (Å²) >= 11 is 0. The van der Waals surface area contributed by atoms with Gasteiger partial charge in [0.2, 0.25) is 0 Å². The van der Waals surface area contributed by atoms with E-state index >= 15 is 0 Å². The summed E-state index contributed by atoms with van der Waals surface area (Å²) in [6, 6.07) is 5.03. The molecule has 0 aromatic heterocycles. The molecule has 98 valence electrons. The van der Waals surface area contributed by atoms with Gasteiger partial charge in [0.05, 0.1) is 0 Å². The molecule has 0 amide bonds. The van der Waals surface area contributed by atoms with Gasteiger partial charge in [-0.15, -0.1) is 0 Å². The SMILES string of the molecule is C[C@@H]1C[C@](c2ccccc2F)(C(F)F)N=C(N)O1. The van der Waals surface area contributed by atoms with E-state index in [9.17, 15) is 13.2 Å². The van der Waals surface area contributed by atoms with Gasteiger partial charge in [0.15, 0.2) is 5.54 Å². The normalized spacial score (nSPS) is 27.8. The Kier molecular flexibility index (Phi) is 3.19. The summed E-state index contributed by atoms with van der Waals surface area (Å²) in [4.78, 5) is 3.68. The first-order valence-corrected chi connectivity index (χ1v) is 5.51. The summed E-state index contributed by atoms with van der Waals surface area (Å²) in [5.41, 5.74) is 3.28. The highest BCUT2D eigenvalue weighted by atomic mass is 19.3. The van der Waals surface area contributed by atoms with Crippen LogP contribution in [0.4, 0.5) is 13.2 Å². The molecule has 18 heavy (non-hydrogen) atoms. The van der Waals surface area contributed by atoms with Crippen molar-refractivity contribution >= 4 is 6.02 Å². The Labute approximate surface area is 102 Å². The predicted molar refractivity (Wildman–Crippen MR) is 60.9 cm³/mol. The second kappa shape index (κ2) is 4.51. The Hall–Kier alpha value is -1.72. The Morgan fingerprint density at radius 3 is 2.67 bits per heavy atom. The molecule has 2 atom stereocenters. The van der Waals surface area contributed by atoms with Crippen molar-refractivity contribution in [2.45, 2.75) is 31.4 Å². The largest absolute Gasteiger partial charge is 0.462 e. The lowest BCUT2D eigenvalue weighted by Crippen LogP contribution is -2.44. The van der Waals surface area contributed by atoms with Crippen LogP contribution in [-0.2, 0) is 10.3 Å². The average molecular weight is 258 g/mol. The minimum absolute atomic E-state index is 0.119. The molecule has 0 unspecified atom stereocenters. The van der Waals surface area contributed by atoms with Crippen molar-refractivity contribution < 1.29 is 17.9 Å². The first-order valence-electron chi connectivity index (χ1n) is 5.51. The molecule has 0 saturated carbocycles. The number of halogens is 3. The highest BCUT2D eigenvalue weighted by Crippen LogP contribution is 2.41. The topological polar surface area (TPSA) is 47.6 Å². The van der Waals surface area contributed by atoms with Gasteiger partial charge < -0.3 is 10.5 Å². The van der Waals surface area contributed by atoms with Crippen LogP contribution in [0.25, 0.3) is 0 Å². The fourth-order valence-electron chi connectivity index (χ4n) is 2.19. The molecule has 2 rings (SSSR count). The van der Waals surface area contributed by atoms with Crippen LogP contribution in [-0.4, -0.2) is 18.6 Å². The fourth-order valence-corrected chi connectivity index (χ4v) is 2.19. The standard InChI is InChI=1S/C12H13F3N2O/c1-7-6-12(10(14)15,17-11(16)18-7)8-4-2-3-5-9(8)13/h2-5,7,10H,6H2,1H3,(H2,16,17)/t7-,12+/m1/s1. The maximum absolute atomic E-state index is 13.7. The number of benzene rings is 1. The molecule has 1 heterocycles. The molecule has 0 saturated heterocycles. The number of hydrogen-bond acceptors (Lipinski definition) is 3. The molecule has 1 aliphatic heterocycles. The third-order valence-corrected chi connectivity index (χ3v) is 2.93. The highest BCUT2D eigenvalue weighted by Gasteiger charge is 2.47. The molecule has 1 aromatic rings. The van der Waals surface area contributed by atoms with E-state index in [0.717, 1.165) is 6.07 Å². The van der Waals surface area contributed by atoms with Crippen molar-refractivity contribution in [3.05, 3.63) is 35.6 Å². The van der Waals surface area contributed by atoms with Crippen molar-refractivity contribution in [1.29, 1.82) is 0 Å². The van der Waals surface area contributed by atoms with Gasteiger partial charge in [0.1, 0.15) is 11.9 Å². The third-order valence-electron chi connectivity index (χ3n) is 2.93. The number of ether oxygens (including phenoxy) is 1. The van der Waals surface area contributed by atoms with E-state index in [1.165, 1.54) is 18.2 Å². The van der Waals surface area contributed by atoms with Crippen molar-refractivity contribution in [2.24, 2.45) is 10.7 Å². The first-order chi connectivity index (χ1) is 8.45. The summed E-state index contributed by atoms with van der Waals surface area (Å²) in [5, 5.41) is 0. The summed E-state index contributed by atoms with van der Waals surface area (Å²) < 4.78 is 45.6. The van der Waals surface area contributed by atoms with Crippen LogP contribution < -0.4 is 5.73 Å². The van der Waals surface area contributed by atoms with E-state index in [4.69, 9.17) is 10.5 Å². The Bertz CT molecular complexity index is 478. The van der Waals surface area contributed by atoms with Gasteiger partial charge in [0, 0.05) is 12.0 Å². The number of alkyl halides is 2. The Morgan fingerprint density at radius 2 is 2.11 bits per heavy atom. The zero-order valence-electron chi connectivity index (χ0n) is 9.74. The summed E-state index contributed by atoms with van der Waals surface area (Å²) in [6.45, 7) is 1.60. The molecule has 6 heteroatoms. The molecule has 2 N–H and O–H groups in total. The van der Waals surface area contributed by atoms with Crippen LogP contribution in [0.3, 0.4) is 0 Å². The Morgan fingerprint density at radius 1 is 1.44 bits per heavy atom. The van der Waals surface area contributed by atoms with E-state index in [2.05, 4.69) is 4.99 Å². The lowest BCUT2D eigenvalue weighted by atomic mass is 9.84. The minimum Gasteiger partial charge on any atom is -0.462 e. The van der Waals surface area contributed by atoms with Gasteiger partial charge >= 0.3 is 0 Å². The number of nitrogens with two attached hydrogens (primary N) is 1. The van der Waals surface area contributed by atoms with E-state index in [-0.39, 0.29) is 18.0 Å². The van der Waals surface area contributed by atoms with Crippen LogP contribution in [0.5, 0.6) is 0 Å². The number of nitrogens with zero attached hydrogens (tertiary/aromatic N) is 1. The summed E-state index contributed by atoms with van der Waals surface area (Å²) in [5.74, 6) is -0.719. The maximum Gasteiger partial charge on any atom is 0.283 e. The predicted octanol–water partition coefficient (Wildman–Crippen LogP) is 2.41. The number of amidine groups is 1. The van der Waals surface area contributed by atoms with Gasteiger partial charge in [-0.2, -0.15) is 0 Å². The lowest BCUT2D eigenvalue weighted by Gasteiger charge is -2.36.